The first-order valence-corrected chi connectivity index (χ1v) is 9.21. The second-order valence-electron chi connectivity index (χ2n) is 6.16. The molecule has 0 aliphatic rings. The predicted octanol–water partition coefficient (Wildman–Crippen LogP) is 1.47. The third-order valence-electron chi connectivity index (χ3n) is 4.01. The first-order valence-electron chi connectivity index (χ1n) is 7.73. The minimum atomic E-state index is -3.51. The molecular formula is C18H25N2O2S+. The van der Waals surface area contributed by atoms with Crippen molar-refractivity contribution in [2.45, 2.75) is 24.8 Å². The fraction of sp³-hybridized carbons (Fsp3) is 0.333. The summed E-state index contributed by atoms with van der Waals surface area (Å²) in [7, 11) is 0.550. The van der Waals surface area contributed by atoms with Gasteiger partial charge in [0.05, 0.1) is 25.5 Å². The minimum Gasteiger partial charge on any atom is -0.333 e. The zero-order valence-electron chi connectivity index (χ0n) is 14.1. The normalized spacial score (nSPS) is 13.3. The zero-order chi connectivity index (χ0) is 17.0. The van der Waals surface area contributed by atoms with Gasteiger partial charge in [-0.15, -0.1) is 0 Å². The van der Waals surface area contributed by atoms with Crippen LogP contribution < -0.4 is 9.62 Å². The standard InChI is InChI=1S/C18H24N2O2S/c1-14-10-11-15(2)18(12-14)23(21,22)19-13-17(20(3)4)16-8-6-5-7-9-16/h5-12,17,19H,13H2,1-4H3/p+1/t17-/m0/s1. The third-order valence-corrected chi connectivity index (χ3v) is 5.58. The van der Waals surface area contributed by atoms with Crippen molar-refractivity contribution < 1.29 is 13.3 Å². The first kappa shape index (κ1) is 17.7. The number of quaternary nitrogens is 1. The number of nitrogens with one attached hydrogen (secondary N) is 2. The van der Waals surface area contributed by atoms with E-state index in [0.717, 1.165) is 16.7 Å². The van der Waals surface area contributed by atoms with Crippen LogP contribution in [0.4, 0.5) is 0 Å². The highest BCUT2D eigenvalue weighted by atomic mass is 32.2. The number of benzene rings is 2. The van der Waals surface area contributed by atoms with E-state index in [1.165, 1.54) is 4.90 Å². The van der Waals surface area contributed by atoms with Gasteiger partial charge in [-0.25, -0.2) is 13.1 Å². The summed E-state index contributed by atoms with van der Waals surface area (Å²) in [4.78, 5) is 1.54. The van der Waals surface area contributed by atoms with Gasteiger partial charge in [0.15, 0.2) is 0 Å². The molecule has 0 saturated heterocycles. The lowest BCUT2D eigenvalue weighted by atomic mass is 10.1. The van der Waals surface area contributed by atoms with Crippen molar-refractivity contribution >= 4 is 10.0 Å². The number of likely N-dealkylation sites (N-methyl/N-ethyl adjacent to an activating group) is 1. The SMILES string of the molecule is Cc1ccc(C)c(S(=O)(=O)NC[C@@H](c2ccccc2)[NH+](C)C)c1. The van der Waals surface area contributed by atoms with E-state index in [-0.39, 0.29) is 6.04 Å². The Bertz CT molecular complexity index is 756. The molecular weight excluding hydrogens is 308 g/mol. The maximum atomic E-state index is 12.6. The van der Waals surface area contributed by atoms with Crippen LogP contribution >= 0.6 is 0 Å². The molecule has 0 radical (unpaired) electrons. The Balaban J connectivity index is 2.22. The Hall–Kier alpha value is -1.69. The second kappa shape index (κ2) is 7.25. The zero-order valence-corrected chi connectivity index (χ0v) is 14.9. The van der Waals surface area contributed by atoms with Crippen molar-refractivity contribution in [3.8, 4) is 0 Å². The molecule has 0 unspecified atom stereocenters. The van der Waals surface area contributed by atoms with Gasteiger partial charge in [0, 0.05) is 5.56 Å². The van der Waals surface area contributed by atoms with Crippen LogP contribution in [0, 0.1) is 13.8 Å². The lowest BCUT2D eigenvalue weighted by molar-refractivity contribution is -0.890. The second-order valence-corrected chi connectivity index (χ2v) is 7.90. The molecule has 0 heterocycles. The van der Waals surface area contributed by atoms with Crippen molar-refractivity contribution in [3.05, 3.63) is 65.2 Å². The van der Waals surface area contributed by atoms with E-state index in [1.54, 1.807) is 6.07 Å². The summed E-state index contributed by atoms with van der Waals surface area (Å²) in [6.07, 6.45) is 0. The average molecular weight is 333 g/mol. The van der Waals surface area contributed by atoms with Crippen LogP contribution in [-0.2, 0) is 10.0 Å². The predicted molar refractivity (Wildman–Crippen MR) is 93.1 cm³/mol. The van der Waals surface area contributed by atoms with E-state index in [4.69, 9.17) is 0 Å². The number of rotatable bonds is 6. The van der Waals surface area contributed by atoms with Gasteiger partial charge in [-0.3, -0.25) is 0 Å². The molecule has 5 heteroatoms. The van der Waals surface area contributed by atoms with E-state index in [2.05, 4.69) is 4.72 Å². The fourth-order valence-electron chi connectivity index (χ4n) is 2.61. The van der Waals surface area contributed by atoms with Gasteiger partial charge in [0.25, 0.3) is 0 Å². The van der Waals surface area contributed by atoms with E-state index >= 15 is 0 Å². The first-order chi connectivity index (χ1) is 10.8. The van der Waals surface area contributed by atoms with E-state index in [1.807, 2.05) is 70.4 Å². The van der Waals surface area contributed by atoms with Crippen LogP contribution in [0.15, 0.2) is 53.4 Å². The summed E-state index contributed by atoms with van der Waals surface area (Å²) in [6, 6.07) is 15.5. The van der Waals surface area contributed by atoms with Crippen LogP contribution in [0.2, 0.25) is 0 Å². The lowest BCUT2D eigenvalue weighted by Gasteiger charge is -2.22. The molecule has 0 aliphatic heterocycles. The van der Waals surface area contributed by atoms with Gasteiger partial charge >= 0.3 is 0 Å². The monoisotopic (exact) mass is 333 g/mol. The summed E-state index contributed by atoms with van der Waals surface area (Å²) < 4.78 is 28.1. The summed E-state index contributed by atoms with van der Waals surface area (Å²) in [5, 5.41) is 0. The summed E-state index contributed by atoms with van der Waals surface area (Å²) in [6.45, 7) is 4.08. The van der Waals surface area contributed by atoms with Crippen LogP contribution in [0.1, 0.15) is 22.7 Å². The topological polar surface area (TPSA) is 50.6 Å². The Morgan fingerprint density at radius 2 is 1.70 bits per heavy atom. The Morgan fingerprint density at radius 3 is 2.30 bits per heavy atom. The Kier molecular flexibility index (Phi) is 5.57. The molecule has 2 aromatic carbocycles. The third kappa shape index (κ3) is 4.41. The minimum absolute atomic E-state index is 0.0658. The summed E-state index contributed by atoms with van der Waals surface area (Å²) in [5.74, 6) is 0. The molecule has 0 aromatic heterocycles. The molecule has 0 fully saturated rings. The molecule has 2 aromatic rings. The van der Waals surface area contributed by atoms with Crippen LogP contribution in [0.3, 0.4) is 0 Å². The number of aryl methyl sites for hydroxylation is 2. The molecule has 2 N–H and O–H groups in total. The molecule has 0 saturated carbocycles. The molecule has 1 atom stereocenters. The molecule has 4 nitrogen and oxygen atoms in total. The number of hydrogen-bond donors (Lipinski definition) is 2. The molecule has 0 amide bonds. The fourth-order valence-corrected chi connectivity index (χ4v) is 3.98. The van der Waals surface area contributed by atoms with E-state index in [0.29, 0.717) is 11.4 Å². The van der Waals surface area contributed by atoms with Crippen LogP contribution in [0.25, 0.3) is 0 Å². The highest BCUT2D eigenvalue weighted by Gasteiger charge is 2.23. The van der Waals surface area contributed by atoms with Gasteiger partial charge in [0.2, 0.25) is 10.0 Å². The van der Waals surface area contributed by atoms with Gasteiger partial charge in [-0.1, -0.05) is 42.5 Å². The van der Waals surface area contributed by atoms with Crippen molar-refractivity contribution in [2.75, 3.05) is 20.6 Å². The molecule has 124 valence electrons. The smallest absolute Gasteiger partial charge is 0.241 e. The van der Waals surface area contributed by atoms with Gasteiger partial charge in [0.1, 0.15) is 6.04 Å². The Morgan fingerprint density at radius 1 is 1.04 bits per heavy atom. The summed E-state index contributed by atoms with van der Waals surface area (Å²) >= 11 is 0. The number of sulfonamides is 1. The van der Waals surface area contributed by atoms with Crippen molar-refractivity contribution in [2.24, 2.45) is 0 Å². The van der Waals surface area contributed by atoms with Gasteiger partial charge in [-0.05, 0) is 31.0 Å². The maximum absolute atomic E-state index is 12.6. The maximum Gasteiger partial charge on any atom is 0.241 e. The van der Waals surface area contributed by atoms with E-state index in [9.17, 15) is 8.42 Å². The quantitative estimate of drug-likeness (QED) is 0.841. The van der Waals surface area contributed by atoms with Gasteiger partial charge < -0.3 is 4.90 Å². The van der Waals surface area contributed by atoms with Crippen molar-refractivity contribution in [3.63, 3.8) is 0 Å². The Labute approximate surface area is 139 Å². The molecule has 23 heavy (non-hydrogen) atoms. The summed E-state index contributed by atoms with van der Waals surface area (Å²) in [5.41, 5.74) is 2.82. The molecule has 0 aliphatic carbocycles. The highest BCUT2D eigenvalue weighted by Crippen LogP contribution is 2.17. The molecule has 0 spiro atoms. The van der Waals surface area contributed by atoms with Crippen LogP contribution in [-0.4, -0.2) is 29.1 Å². The number of hydrogen-bond acceptors (Lipinski definition) is 2. The average Bonchev–Trinajstić information content (AvgIpc) is 2.50. The molecule has 2 rings (SSSR count). The lowest BCUT2D eigenvalue weighted by Crippen LogP contribution is -3.07. The molecule has 0 bridgehead atoms. The van der Waals surface area contributed by atoms with Crippen molar-refractivity contribution in [1.29, 1.82) is 0 Å². The van der Waals surface area contributed by atoms with Crippen LogP contribution in [0.5, 0.6) is 0 Å². The highest BCUT2D eigenvalue weighted by molar-refractivity contribution is 7.89. The van der Waals surface area contributed by atoms with Gasteiger partial charge in [-0.2, -0.15) is 0 Å². The largest absolute Gasteiger partial charge is 0.333 e. The van der Waals surface area contributed by atoms with E-state index < -0.39 is 10.0 Å². The van der Waals surface area contributed by atoms with Crippen molar-refractivity contribution in [1.82, 2.24) is 4.72 Å².